The van der Waals surface area contributed by atoms with Gasteiger partial charge in [0.2, 0.25) is 5.91 Å². The number of hydrogen-bond acceptors (Lipinski definition) is 4. The van der Waals surface area contributed by atoms with Crippen LogP contribution in [0.5, 0.6) is 0 Å². The summed E-state index contributed by atoms with van der Waals surface area (Å²) in [7, 11) is 1.89. The maximum absolute atomic E-state index is 13.8. The van der Waals surface area contributed by atoms with Gasteiger partial charge in [-0.1, -0.05) is 41.9 Å². The molecule has 0 radical (unpaired) electrons. The monoisotopic (exact) mass is 442 g/mol. The third kappa shape index (κ3) is 2.58. The summed E-state index contributed by atoms with van der Waals surface area (Å²) in [5.41, 5.74) is 3.28. The molecule has 0 saturated heterocycles. The van der Waals surface area contributed by atoms with Crippen LogP contribution in [0.2, 0.25) is 5.02 Å². The summed E-state index contributed by atoms with van der Waals surface area (Å²) in [4.78, 5) is 17.9. The predicted octanol–water partition coefficient (Wildman–Crippen LogP) is 5.50. The Morgan fingerprint density at radius 2 is 1.62 bits per heavy atom. The minimum Gasteiger partial charge on any atom is -0.313 e. The summed E-state index contributed by atoms with van der Waals surface area (Å²) in [6.07, 6.45) is 2.65. The van der Waals surface area contributed by atoms with Crippen LogP contribution in [0.1, 0.15) is 24.8 Å². The van der Waals surface area contributed by atoms with E-state index < -0.39 is 5.66 Å². The first-order valence-electron chi connectivity index (χ1n) is 11.0. The van der Waals surface area contributed by atoms with Crippen LogP contribution in [0.15, 0.2) is 84.0 Å². The molecule has 3 aromatic carbocycles. The van der Waals surface area contributed by atoms with Gasteiger partial charge < -0.3 is 4.90 Å². The van der Waals surface area contributed by atoms with E-state index in [0.29, 0.717) is 5.02 Å². The molecule has 0 bridgehead atoms. The van der Waals surface area contributed by atoms with Crippen LogP contribution in [0.25, 0.3) is 0 Å². The smallest absolute Gasteiger partial charge is 0.234 e. The Bertz CT molecular complexity index is 1230. The summed E-state index contributed by atoms with van der Waals surface area (Å²) in [6, 6.07) is 26.1. The molecule has 2 atom stereocenters. The van der Waals surface area contributed by atoms with Gasteiger partial charge in [-0.3, -0.25) is 9.69 Å². The molecule has 32 heavy (non-hydrogen) atoms. The van der Waals surface area contributed by atoms with Crippen molar-refractivity contribution in [2.75, 3.05) is 21.9 Å². The third-order valence-electron chi connectivity index (χ3n) is 6.97. The molecule has 1 saturated carbocycles. The van der Waals surface area contributed by atoms with E-state index >= 15 is 0 Å². The van der Waals surface area contributed by atoms with Gasteiger partial charge in [0, 0.05) is 17.6 Å². The molecule has 5 nitrogen and oxygen atoms in total. The number of carbonyl (C=O) groups is 1. The fourth-order valence-corrected chi connectivity index (χ4v) is 5.69. The van der Waals surface area contributed by atoms with Gasteiger partial charge in [0.05, 0.1) is 23.0 Å². The minimum atomic E-state index is -0.589. The van der Waals surface area contributed by atoms with Gasteiger partial charge in [-0.05, 0) is 67.8 Å². The number of para-hydroxylation sites is 3. The van der Waals surface area contributed by atoms with Crippen LogP contribution in [-0.4, -0.2) is 24.5 Å². The number of anilines is 3. The number of carbonyl (C=O) groups excluding carboxylic acids is 1. The summed E-state index contributed by atoms with van der Waals surface area (Å²) in [6.45, 7) is 0. The second-order valence-corrected chi connectivity index (χ2v) is 9.06. The van der Waals surface area contributed by atoms with Crippen molar-refractivity contribution in [2.45, 2.75) is 24.9 Å². The molecule has 6 heteroatoms. The normalized spacial score (nSPS) is 24.1. The lowest BCUT2D eigenvalue weighted by Gasteiger charge is -2.44. The van der Waals surface area contributed by atoms with Crippen molar-refractivity contribution in [1.29, 1.82) is 0 Å². The topological polar surface area (TPSA) is 39.2 Å². The molecule has 0 N–H and O–H groups in total. The second-order valence-electron chi connectivity index (χ2n) is 8.62. The lowest BCUT2D eigenvalue weighted by atomic mass is 9.91. The Hall–Kier alpha value is -3.31. The van der Waals surface area contributed by atoms with Crippen molar-refractivity contribution >= 4 is 40.4 Å². The van der Waals surface area contributed by atoms with Gasteiger partial charge in [-0.25, -0.2) is 5.01 Å². The fraction of sp³-hybridized carbons (Fsp3) is 0.231. The highest BCUT2D eigenvalue weighted by Gasteiger charge is 2.62. The highest BCUT2D eigenvalue weighted by Crippen LogP contribution is 2.54. The Morgan fingerprint density at radius 1 is 0.938 bits per heavy atom. The van der Waals surface area contributed by atoms with E-state index in [1.54, 1.807) is 0 Å². The Kier molecular flexibility index (Phi) is 4.30. The first kappa shape index (κ1) is 19.4. The number of nitrogens with zero attached hydrogens (tertiary/aromatic N) is 4. The first-order chi connectivity index (χ1) is 15.6. The number of hydrazone groups is 1. The van der Waals surface area contributed by atoms with E-state index in [-0.39, 0.29) is 11.8 Å². The molecule has 3 aromatic rings. The van der Waals surface area contributed by atoms with Crippen LogP contribution in [0.3, 0.4) is 0 Å². The average Bonchev–Trinajstić information content (AvgIpc) is 3.40. The largest absolute Gasteiger partial charge is 0.313 e. The van der Waals surface area contributed by atoms with Crippen molar-refractivity contribution in [1.82, 2.24) is 0 Å². The average molecular weight is 443 g/mol. The number of rotatable bonds is 2. The van der Waals surface area contributed by atoms with E-state index in [1.807, 2.05) is 72.6 Å². The fourth-order valence-electron chi connectivity index (χ4n) is 5.57. The van der Waals surface area contributed by atoms with E-state index in [0.717, 1.165) is 47.7 Å². The van der Waals surface area contributed by atoms with Gasteiger partial charge in [-0.2, -0.15) is 5.10 Å². The molecular weight excluding hydrogens is 420 g/mol. The van der Waals surface area contributed by atoms with Crippen LogP contribution in [0, 0.1) is 5.92 Å². The van der Waals surface area contributed by atoms with Crippen molar-refractivity contribution in [3.63, 3.8) is 0 Å². The van der Waals surface area contributed by atoms with Gasteiger partial charge in [0.25, 0.3) is 0 Å². The predicted molar refractivity (Wildman–Crippen MR) is 129 cm³/mol. The zero-order valence-corrected chi connectivity index (χ0v) is 18.5. The number of halogens is 1. The van der Waals surface area contributed by atoms with E-state index in [9.17, 15) is 4.79 Å². The van der Waals surface area contributed by atoms with Crippen molar-refractivity contribution in [3.8, 4) is 0 Å². The molecule has 3 aliphatic rings. The molecule has 2 aliphatic heterocycles. The molecular formula is C26H23ClN4O. The molecule has 0 aromatic heterocycles. The Labute approximate surface area is 192 Å². The number of hydrogen-bond donors (Lipinski definition) is 0. The van der Waals surface area contributed by atoms with E-state index in [1.165, 1.54) is 0 Å². The first-order valence-corrected chi connectivity index (χ1v) is 11.4. The molecule has 2 heterocycles. The molecule has 1 aliphatic carbocycles. The van der Waals surface area contributed by atoms with Crippen molar-refractivity contribution in [2.24, 2.45) is 11.0 Å². The van der Waals surface area contributed by atoms with Crippen LogP contribution in [0.4, 0.5) is 17.1 Å². The van der Waals surface area contributed by atoms with Gasteiger partial charge in [0.1, 0.15) is 0 Å². The summed E-state index contributed by atoms with van der Waals surface area (Å²) in [5.74, 6) is 0.785. The lowest BCUT2D eigenvalue weighted by molar-refractivity contribution is -0.123. The minimum absolute atomic E-state index is 0.144. The van der Waals surface area contributed by atoms with Crippen LogP contribution in [-0.2, 0) is 4.79 Å². The zero-order valence-electron chi connectivity index (χ0n) is 17.8. The molecule has 2 unspecified atom stereocenters. The standard InChI is InChI=1S/C26H23ClN4O/c1-29-22-11-5-6-12-23(22)30-24(18-13-15-19(27)16-14-18)28-31(20-8-3-2-4-9-20)26(30)17-7-10-21(26)25(29)32/h2-6,8-9,11-16,21H,7,10,17H2,1H3. The molecule has 1 fully saturated rings. The second kappa shape index (κ2) is 7.10. The van der Waals surface area contributed by atoms with Crippen LogP contribution < -0.4 is 14.8 Å². The summed E-state index contributed by atoms with van der Waals surface area (Å²) in [5, 5.41) is 7.98. The number of amidine groups is 1. The van der Waals surface area contributed by atoms with Gasteiger partial charge in [-0.15, -0.1) is 0 Å². The lowest BCUT2D eigenvalue weighted by Crippen LogP contribution is -2.60. The Morgan fingerprint density at radius 3 is 2.38 bits per heavy atom. The highest BCUT2D eigenvalue weighted by molar-refractivity contribution is 6.30. The maximum atomic E-state index is 13.8. The molecule has 160 valence electrons. The number of fused-ring (bicyclic) bond motifs is 2. The van der Waals surface area contributed by atoms with E-state index in [4.69, 9.17) is 16.7 Å². The zero-order chi connectivity index (χ0) is 21.9. The SMILES string of the molecule is CN1C(=O)C2CCCC23N(c2ccccc2)N=C(c2ccc(Cl)cc2)N3c2ccccc21. The highest BCUT2D eigenvalue weighted by atomic mass is 35.5. The van der Waals surface area contributed by atoms with Crippen molar-refractivity contribution < 1.29 is 4.79 Å². The molecule has 1 amide bonds. The molecule has 1 spiro atoms. The summed E-state index contributed by atoms with van der Waals surface area (Å²) >= 11 is 6.20. The quantitative estimate of drug-likeness (QED) is 0.526. The van der Waals surface area contributed by atoms with Crippen LogP contribution >= 0.6 is 11.6 Å². The number of benzene rings is 3. The third-order valence-corrected chi connectivity index (χ3v) is 7.22. The van der Waals surface area contributed by atoms with Gasteiger partial charge >= 0.3 is 0 Å². The summed E-state index contributed by atoms with van der Waals surface area (Å²) < 4.78 is 0. The number of amides is 1. The van der Waals surface area contributed by atoms with Crippen molar-refractivity contribution in [3.05, 3.63) is 89.4 Å². The van der Waals surface area contributed by atoms with E-state index in [2.05, 4.69) is 28.1 Å². The molecule has 6 rings (SSSR count). The van der Waals surface area contributed by atoms with Gasteiger partial charge in [0.15, 0.2) is 11.5 Å². The Balaban J connectivity index is 1.66. The maximum Gasteiger partial charge on any atom is 0.234 e.